The number of carbonyl (C=O) groups is 2. The average molecular weight is 322 g/mol. The highest BCUT2D eigenvalue weighted by molar-refractivity contribution is 5.59. The monoisotopic (exact) mass is 322 g/mol. The third kappa shape index (κ3) is 10.2. The number of rotatable bonds is 9. The highest BCUT2D eigenvalue weighted by Gasteiger charge is 2.30. The van der Waals surface area contributed by atoms with Crippen LogP contribution in [0.4, 0.5) is 9.59 Å². The third-order valence-corrected chi connectivity index (χ3v) is 2.52. The Bertz CT molecular complexity index is 317. The highest BCUT2D eigenvalue weighted by atomic mass is 17.2. The summed E-state index contributed by atoms with van der Waals surface area (Å²) in [6.45, 7) is 10.7. The quantitative estimate of drug-likeness (QED) is 0.362. The van der Waals surface area contributed by atoms with Crippen LogP contribution in [0.3, 0.4) is 0 Å². The van der Waals surface area contributed by atoms with Crippen LogP contribution in [-0.4, -0.2) is 36.7 Å². The Kier molecular flexibility index (Phi) is 8.81. The van der Waals surface area contributed by atoms with Crippen LogP contribution in [0.5, 0.6) is 0 Å². The molecule has 0 amide bonds. The molecule has 0 bridgehead atoms. The molecule has 0 aromatic rings. The van der Waals surface area contributed by atoms with Gasteiger partial charge in [0, 0.05) is 0 Å². The van der Waals surface area contributed by atoms with Crippen LogP contribution in [0.15, 0.2) is 0 Å². The Morgan fingerprint density at radius 3 is 1.32 bits per heavy atom. The number of hydrogen-bond acceptors (Lipinski definition) is 8. The SMILES string of the molecule is CCOC(=O)OOC(C)(C)CCC(C)(C)OOC(=O)OCC. The summed E-state index contributed by atoms with van der Waals surface area (Å²) in [6, 6.07) is 0. The van der Waals surface area contributed by atoms with Gasteiger partial charge in [-0.3, -0.25) is 9.78 Å². The van der Waals surface area contributed by atoms with Gasteiger partial charge in [-0.05, 0) is 54.4 Å². The van der Waals surface area contributed by atoms with E-state index in [0.29, 0.717) is 12.8 Å². The second-order valence-electron chi connectivity index (χ2n) is 5.72. The first kappa shape index (κ1) is 20.5. The van der Waals surface area contributed by atoms with E-state index in [2.05, 4.69) is 19.2 Å². The van der Waals surface area contributed by atoms with Gasteiger partial charge in [-0.2, -0.15) is 9.78 Å². The summed E-state index contributed by atoms with van der Waals surface area (Å²) in [5, 5.41) is 0. The fraction of sp³-hybridized carbons (Fsp3) is 0.857. The highest BCUT2D eigenvalue weighted by Crippen LogP contribution is 2.25. The van der Waals surface area contributed by atoms with Crippen molar-refractivity contribution >= 4 is 12.3 Å². The molecular weight excluding hydrogens is 296 g/mol. The van der Waals surface area contributed by atoms with Crippen LogP contribution in [0.2, 0.25) is 0 Å². The molecule has 0 aromatic carbocycles. The minimum atomic E-state index is -0.892. The summed E-state index contributed by atoms with van der Waals surface area (Å²) >= 11 is 0. The van der Waals surface area contributed by atoms with Gasteiger partial charge in [0.1, 0.15) is 11.2 Å². The minimum absolute atomic E-state index is 0.203. The molecule has 0 aliphatic carbocycles. The fourth-order valence-electron chi connectivity index (χ4n) is 1.26. The first-order valence-corrected chi connectivity index (χ1v) is 7.16. The molecule has 0 saturated heterocycles. The standard InChI is InChI=1S/C14H26O8/c1-7-17-11(15)19-21-13(3,4)9-10-14(5,6)22-20-12(16)18-8-2/h7-10H2,1-6H3. The number of hydrogen-bond donors (Lipinski definition) is 0. The Morgan fingerprint density at radius 1 is 0.727 bits per heavy atom. The molecule has 0 fully saturated rings. The Morgan fingerprint density at radius 2 is 1.05 bits per heavy atom. The lowest BCUT2D eigenvalue weighted by molar-refractivity contribution is -0.334. The van der Waals surface area contributed by atoms with Gasteiger partial charge in [0.05, 0.1) is 13.2 Å². The lowest BCUT2D eigenvalue weighted by Crippen LogP contribution is -2.33. The Hall–Kier alpha value is -1.54. The van der Waals surface area contributed by atoms with Crippen LogP contribution in [0, 0.1) is 0 Å². The molecule has 0 N–H and O–H groups in total. The molecule has 22 heavy (non-hydrogen) atoms. The van der Waals surface area contributed by atoms with Crippen molar-refractivity contribution in [2.75, 3.05) is 13.2 Å². The smallest absolute Gasteiger partial charge is 0.433 e. The molecule has 0 unspecified atom stereocenters. The van der Waals surface area contributed by atoms with Crippen LogP contribution in [-0.2, 0) is 29.0 Å². The molecule has 0 spiro atoms. The lowest BCUT2D eigenvalue weighted by atomic mass is 9.94. The topological polar surface area (TPSA) is 89.5 Å². The van der Waals surface area contributed by atoms with E-state index in [9.17, 15) is 9.59 Å². The van der Waals surface area contributed by atoms with Crippen LogP contribution < -0.4 is 0 Å². The third-order valence-electron chi connectivity index (χ3n) is 2.52. The minimum Gasteiger partial charge on any atom is -0.433 e. The molecule has 130 valence electrons. The van der Waals surface area contributed by atoms with Crippen molar-refractivity contribution in [3.8, 4) is 0 Å². The van der Waals surface area contributed by atoms with Gasteiger partial charge < -0.3 is 9.47 Å². The van der Waals surface area contributed by atoms with Crippen molar-refractivity contribution in [1.29, 1.82) is 0 Å². The van der Waals surface area contributed by atoms with Crippen molar-refractivity contribution in [3.63, 3.8) is 0 Å². The van der Waals surface area contributed by atoms with Gasteiger partial charge in [-0.15, -0.1) is 0 Å². The Balaban J connectivity index is 4.15. The molecule has 0 aromatic heterocycles. The molecule has 0 radical (unpaired) electrons. The predicted molar refractivity (Wildman–Crippen MR) is 75.8 cm³/mol. The van der Waals surface area contributed by atoms with Crippen molar-refractivity contribution in [1.82, 2.24) is 0 Å². The van der Waals surface area contributed by atoms with Crippen molar-refractivity contribution in [2.24, 2.45) is 0 Å². The molecule has 0 rings (SSSR count). The molecule has 8 nitrogen and oxygen atoms in total. The summed E-state index contributed by atoms with van der Waals surface area (Å²) in [6.07, 6.45) is -0.828. The zero-order chi connectivity index (χ0) is 17.2. The largest absolute Gasteiger partial charge is 0.540 e. The van der Waals surface area contributed by atoms with E-state index in [4.69, 9.17) is 9.78 Å². The summed E-state index contributed by atoms with van der Waals surface area (Å²) in [5.74, 6) is 0. The van der Waals surface area contributed by atoms with E-state index in [1.54, 1.807) is 41.5 Å². The average Bonchev–Trinajstić information content (AvgIpc) is 2.42. The molecule has 0 heterocycles. The maximum atomic E-state index is 11.1. The molecule has 0 saturated carbocycles. The first-order valence-electron chi connectivity index (χ1n) is 7.16. The Labute approximate surface area is 130 Å². The lowest BCUT2D eigenvalue weighted by Gasteiger charge is -2.28. The summed E-state index contributed by atoms with van der Waals surface area (Å²) in [5.41, 5.74) is -1.51. The fourth-order valence-corrected chi connectivity index (χ4v) is 1.26. The maximum absolute atomic E-state index is 11.1. The molecule has 0 aliphatic rings. The molecular formula is C14H26O8. The number of ether oxygens (including phenoxy) is 2. The van der Waals surface area contributed by atoms with Gasteiger partial charge >= 0.3 is 12.3 Å². The zero-order valence-corrected chi connectivity index (χ0v) is 14.1. The van der Waals surface area contributed by atoms with Crippen molar-refractivity contribution < 1.29 is 38.6 Å². The van der Waals surface area contributed by atoms with Crippen molar-refractivity contribution in [2.45, 2.75) is 65.6 Å². The summed E-state index contributed by atoms with van der Waals surface area (Å²) in [7, 11) is 0. The van der Waals surface area contributed by atoms with Crippen LogP contribution in [0.25, 0.3) is 0 Å². The maximum Gasteiger partial charge on any atom is 0.540 e. The van der Waals surface area contributed by atoms with Gasteiger partial charge in [0.25, 0.3) is 0 Å². The summed E-state index contributed by atoms with van der Waals surface area (Å²) < 4.78 is 9.18. The van der Waals surface area contributed by atoms with Gasteiger partial charge in [-0.1, -0.05) is 0 Å². The van der Waals surface area contributed by atoms with E-state index in [-0.39, 0.29) is 13.2 Å². The molecule has 0 aliphatic heterocycles. The van der Waals surface area contributed by atoms with Crippen molar-refractivity contribution in [3.05, 3.63) is 0 Å². The van der Waals surface area contributed by atoms with E-state index in [1.807, 2.05) is 0 Å². The van der Waals surface area contributed by atoms with E-state index >= 15 is 0 Å². The second kappa shape index (κ2) is 9.47. The van der Waals surface area contributed by atoms with E-state index in [1.165, 1.54) is 0 Å². The van der Waals surface area contributed by atoms with Gasteiger partial charge in [0.2, 0.25) is 0 Å². The first-order chi connectivity index (χ1) is 10.1. The molecule has 0 atom stereocenters. The van der Waals surface area contributed by atoms with Crippen LogP contribution >= 0.6 is 0 Å². The predicted octanol–water partition coefficient (Wildman–Crippen LogP) is 3.53. The second-order valence-corrected chi connectivity index (χ2v) is 5.72. The number of carbonyl (C=O) groups excluding carboxylic acids is 2. The zero-order valence-electron chi connectivity index (χ0n) is 14.1. The normalized spacial score (nSPS) is 11.7. The van der Waals surface area contributed by atoms with Gasteiger partial charge in [0.15, 0.2) is 0 Å². The molecule has 8 heteroatoms. The summed E-state index contributed by atoms with van der Waals surface area (Å²) in [4.78, 5) is 41.3. The van der Waals surface area contributed by atoms with E-state index in [0.717, 1.165) is 0 Å². The van der Waals surface area contributed by atoms with E-state index < -0.39 is 23.5 Å². The van der Waals surface area contributed by atoms with Gasteiger partial charge in [-0.25, -0.2) is 9.59 Å². The van der Waals surface area contributed by atoms with Crippen LogP contribution in [0.1, 0.15) is 54.4 Å².